The standard InChI is InChI=1S/C15H11NO4/c17-15(18)13-12(8-5-6-8)16-14(20-13)11-7-9-3-1-2-4-10(9)19-11/h1-4,7-8H,5-6H2,(H,17,18). The largest absolute Gasteiger partial charge is 0.475 e. The van der Waals surface area contributed by atoms with Crippen LogP contribution in [-0.2, 0) is 0 Å². The quantitative estimate of drug-likeness (QED) is 0.785. The number of nitrogens with zero attached hydrogens (tertiary/aromatic N) is 1. The van der Waals surface area contributed by atoms with Gasteiger partial charge < -0.3 is 13.9 Å². The van der Waals surface area contributed by atoms with Crippen molar-refractivity contribution in [1.29, 1.82) is 0 Å². The highest BCUT2D eigenvalue weighted by Crippen LogP contribution is 2.42. The van der Waals surface area contributed by atoms with Gasteiger partial charge in [0.25, 0.3) is 5.89 Å². The number of fused-ring (bicyclic) bond motifs is 1. The van der Waals surface area contributed by atoms with Crippen molar-refractivity contribution < 1.29 is 18.7 Å². The van der Waals surface area contributed by atoms with Crippen LogP contribution in [0, 0.1) is 0 Å². The zero-order valence-electron chi connectivity index (χ0n) is 10.5. The fourth-order valence-corrected chi connectivity index (χ4v) is 2.31. The average Bonchev–Trinajstić information content (AvgIpc) is 3.04. The Labute approximate surface area is 113 Å². The molecule has 5 heteroatoms. The van der Waals surface area contributed by atoms with Crippen LogP contribution in [0.3, 0.4) is 0 Å². The lowest BCUT2D eigenvalue weighted by atomic mass is 10.2. The third-order valence-corrected chi connectivity index (χ3v) is 3.45. The van der Waals surface area contributed by atoms with Crippen LogP contribution in [0.1, 0.15) is 35.0 Å². The number of oxazole rings is 1. The predicted octanol–water partition coefficient (Wildman–Crippen LogP) is 3.66. The number of carbonyl (C=O) groups is 1. The van der Waals surface area contributed by atoms with Gasteiger partial charge in [0.15, 0.2) is 5.76 Å². The molecule has 5 nitrogen and oxygen atoms in total. The summed E-state index contributed by atoms with van der Waals surface area (Å²) < 4.78 is 11.0. The highest BCUT2D eigenvalue weighted by atomic mass is 16.4. The number of carboxylic acid groups (broad SMARTS) is 1. The Balaban J connectivity index is 1.85. The number of hydrogen-bond donors (Lipinski definition) is 1. The Morgan fingerprint density at radius 3 is 2.75 bits per heavy atom. The fraction of sp³-hybridized carbons (Fsp3) is 0.200. The Morgan fingerprint density at radius 1 is 1.25 bits per heavy atom. The minimum Gasteiger partial charge on any atom is -0.475 e. The lowest BCUT2D eigenvalue weighted by Gasteiger charge is -1.89. The smallest absolute Gasteiger partial charge is 0.373 e. The summed E-state index contributed by atoms with van der Waals surface area (Å²) in [5.74, 6) is -0.242. The normalized spacial score (nSPS) is 14.8. The van der Waals surface area contributed by atoms with Crippen molar-refractivity contribution in [1.82, 2.24) is 4.98 Å². The molecule has 1 N–H and O–H groups in total. The highest BCUT2D eigenvalue weighted by Gasteiger charge is 2.34. The van der Waals surface area contributed by atoms with Gasteiger partial charge in [-0.15, -0.1) is 0 Å². The first-order valence-corrected chi connectivity index (χ1v) is 6.45. The summed E-state index contributed by atoms with van der Waals surface area (Å²) in [6, 6.07) is 9.37. The first-order chi connectivity index (χ1) is 9.72. The molecule has 0 aliphatic heterocycles. The van der Waals surface area contributed by atoms with Crippen molar-refractivity contribution in [3.05, 3.63) is 41.8 Å². The molecule has 1 fully saturated rings. The summed E-state index contributed by atoms with van der Waals surface area (Å²) in [4.78, 5) is 15.5. The minimum atomic E-state index is -1.08. The van der Waals surface area contributed by atoms with E-state index in [0.29, 0.717) is 11.5 Å². The van der Waals surface area contributed by atoms with Gasteiger partial charge in [-0.3, -0.25) is 0 Å². The van der Waals surface area contributed by atoms with Crippen LogP contribution >= 0.6 is 0 Å². The number of furan rings is 1. The molecule has 100 valence electrons. The van der Waals surface area contributed by atoms with Crippen LogP contribution in [0.4, 0.5) is 0 Å². The van der Waals surface area contributed by atoms with Gasteiger partial charge in [0.05, 0.1) is 5.69 Å². The summed E-state index contributed by atoms with van der Waals surface area (Å²) in [7, 11) is 0. The Hall–Kier alpha value is -2.56. The molecular weight excluding hydrogens is 258 g/mol. The van der Waals surface area contributed by atoms with Crippen LogP contribution in [-0.4, -0.2) is 16.1 Å². The number of aromatic carboxylic acids is 1. The molecule has 0 saturated heterocycles. The van der Waals surface area contributed by atoms with Crippen molar-refractivity contribution in [3.8, 4) is 11.7 Å². The molecule has 0 amide bonds. The predicted molar refractivity (Wildman–Crippen MR) is 70.6 cm³/mol. The molecule has 4 rings (SSSR count). The SMILES string of the molecule is O=C(O)c1oc(-c2cc3ccccc3o2)nc1C1CC1. The van der Waals surface area contributed by atoms with E-state index in [1.807, 2.05) is 30.3 Å². The third kappa shape index (κ3) is 1.71. The number of rotatable bonds is 3. The Bertz CT molecular complexity index is 777. The molecule has 0 bridgehead atoms. The molecule has 1 saturated carbocycles. The summed E-state index contributed by atoms with van der Waals surface area (Å²) in [6.45, 7) is 0. The molecular formula is C15H11NO4. The van der Waals surface area contributed by atoms with E-state index in [9.17, 15) is 9.90 Å². The first-order valence-electron chi connectivity index (χ1n) is 6.45. The van der Waals surface area contributed by atoms with Crippen molar-refractivity contribution in [2.45, 2.75) is 18.8 Å². The van der Waals surface area contributed by atoms with Crippen molar-refractivity contribution >= 4 is 16.9 Å². The Morgan fingerprint density at radius 2 is 2.05 bits per heavy atom. The molecule has 1 aliphatic carbocycles. The number of hydrogen-bond acceptors (Lipinski definition) is 4. The second-order valence-electron chi connectivity index (χ2n) is 4.96. The van der Waals surface area contributed by atoms with Crippen LogP contribution in [0.5, 0.6) is 0 Å². The molecule has 0 atom stereocenters. The van der Waals surface area contributed by atoms with E-state index >= 15 is 0 Å². The van der Waals surface area contributed by atoms with Crippen LogP contribution in [0.15, 0.2) is 39.2 Å². The summed E-state index contributed by atoms with van der Waals surface area (Å²) >= 11 is 0. The van der Waals surface area contributed by atoms with Gasteiger partial charge in [0, 0.05) is 11.3 Å². The van der Waals surface area contributed by atoms with Gasteiger partial charge in [-0.2, -0.15) is 0 Å². The second-order valence-corrected chi connectivity index (χ2v) is 4.96. The van der Waals surface area contributed by atoms with E-state index in [1.165, 1.54) is 0 Å². The number of benzene rings is 1. The number of carboxylic acids is 1. The van der Waals surface area contributed by atoms with E-state index in [2.05, 4.69) is 4.98 Å². The molecule has 2 aromatic heterocycles. The summed E-state index contributed by atoms with van der Waals surface area (Å²) in [5, 5.41) is 10.1. The molecule has 2 heterocycles. The van der Waals surface area contributed by atoms with E-state index < -0.39 is 5.97 Å². The maximum atomic E-state index is 11.2. The number of para-hydroxylation sites is 1. The van der Waals surface area contributed by atoms with Crippen LogP contribution in [0.2, 0.25) is 0 Å². The van der Waals surface area contributed by atoms with Gasteiger partial charge >= 0.3 is 5.97 Å². The van der Waals surface area contributed by atoms with E-state index in [1.54, 1.807) is 0 Å². The maximum absolute atomic E-state index is 11.2. The molecule has 3 aromatic rings. The highest BCUT2D eigenvalue weighted by molar-refractivity contribution is 5.87. The van der Waals surface area contributed by atoms with Crippen LogP contribution < -0.4 is 0 Å². The van der Waals surface area contributed by atoms with Crippen molar-refractivity contribution in [2.24, 2.45) is 0 Å². The van der Waals surface area contributed by atoms with Gasteiger partial charge in [-0.05, 0) is 25.0 Å². The van der Waals surface area contributed by atoms with E-state index in [-0.39, 0.29) is 17.6 Å². The van der Waals surface area contributed by atoms with Gasteiger partial charge in [0.2, 0.25) is 5.76 Å². The fourth-order valence-electron chi connectivity index (χ4n) is 2.31. The van der Waals surface area contributed by atoms with Gasteiger partial charge in [0.1, 0.15) is 5.58 Å². The first kappa shape index (κ1) is 11.3. The molecule has 1 aromatic carbocycles. The topological polar surface area (TPSA) is 76.5 Å². The molecule has 1 aliphatic rings. The third-order valence-electron chi connectivity index (χ3n) is 3.45. The second kappa shape index (κ2) is 3.96. The maximum Gasteiger partial charge on any atom is 0.373 e. The zero-order chi connectivity index (χ0) is 13.7. The Kier molecular flexibility index (Phi) is 2.24. The lowest BCUT2D eigenvalue weighted by Crippen LogP contribution is -1.98. The molecule has 0 unspecified atom stereocenters. The lowest BCUT2D eigenvalue weighted by molar-refractivity contribution is 0.0661. The van der Waals surface area contributed by atoms with Crippen molar-refractivity contribution in [2.75, 3.05) is 0 Å². The molecule has 0 spiro atoms. The van der Waals surface area contributed by atoms with Gasteiger partial charge in [-0.25, -0.2) is 9.78 Å². The van der Waals surface area contributed by atoms with E-state index in [0.717, 1.165) is 23.8 Å². The summed E-state index contributed by atoms with van der Waals surface area (Å²) in [5.41, 5.74) is 1.26. The minimum absolute atomic E-state index is 0.0667. The van der Waals surface area contributed by atoms with Gasteiger partial charge in [-0.1, -0.05) is 18.2 Å². The monoisotopic (exact) mass is 269 g/mol. The van der Waals surface area contributed by atoms with E-state index in [4.69, 9.17) is 8.83 Å². The molecule has 20 heavy (non-hydrogen) atoms. The van der Waals surface area contributed by atoms with Crippen LogP contribution in [0.25, 0.3) is 22.6 Å². The average molecular weight is 269 g/mol. The zero-order valence-corrected chi connectivity index (χ0v) is 10.5. The van der Waals surface area contributed by atoms with Crippen molar-refractivity contribution in [3.63, 3.8) is 0 Å². The summed E-state index contributed by atoms with van der Waals surface area (Å²) in [6.07, 6.45) is 1.93. The molecule has 0 radical (unpaired) electrons. The number of aromatic nitrogens is 1.